The summed E-state index contributed by atoms with van der Waals surface area (Å²) in [5.41, 5.74) is 0. The quantitative estimate of drug-likeness (QED) is 0.209. The molecule has 0 aromatic carbocycles. The molecule has 0 aromatic heterocycles. The Morgan fingerprint density at radius 2 is 1.43 bits per heavy atom. The van der Waals surface area contributed by atoms with Crippen LogP contribution in [0.1, 0.15) is 39.5 Å². The van der Waals surface area contributed by atoms with Gasteiger partial charge in [-0.05, 0) is 12.8 Å². The van der Waals surface area contributed by atoms with Crippen LogP contribution in [0.5, 0.6) is 0 Å². The molecule has 1 aliphatic rings. The van der Waals surface area contributed by atoms with Crippen molar-refractivity contribution in [2.45, 2.75) is 39.5 Å². The second-order valence-corrected chi connectivity index (χ2v) is 6.41. The Morgan fingerprint density at radius 1 is 0.893 bits per heavy atom. The molecule has 0 saturated carbocycles. The van der Waals surface area contributed by atoms with Crippen molar-refractivity contribution in [2.24, 2.45) is 5.92 Å². The maximum absolute atomic E-state index is 11.9. The number of unbranched alkanes of at least 4 members (excludes halogenated alkanes) is 1. The lowest BCUT2D eigenvalue weighted by molar-refractivity contribution is -0.150. The first-order valence-corrected chi connectivity index (χ1v) is 10.0. The molecule has 1 unspecified atom stereocenters. The zero-order valence-corrected chi connectivity index (χ0v) is 17.0. The minimum atomic E-state index is -0.307. The van der Waals surface area contributed by atoms with E-state index in [1.165, 1.54) is 12.2 Å². The van der Waals surface area contributed by atoms with Crippen molar-refractivity contribution >= 4 is 17.8 Å². The van der Waals surface area contributed by atoms with Crippen molar-refractivity contribution in [3.05, 3.63) is 12.2 Å². The third-order valence-corrected chi connectivity index (χ3v) is 4.31. The summed E-state index contributed by atoms with van der Waals surface area (Å²) in [6.07, 6.45) is 6.30. The molecule has 2 amide bonds. The Balaban J connectivity index is 1.87. The molecule has 160 valence electrons. The number of nitrogens with zero attached hydrogens (tertiary/aromatic N) is 1. The van der Waals surface area contributed by atoms with Crippen molar-refractivity contribution in [3.8, 4) is 0 Å². The maximum Gasteiger partial charge on any atom is 0.308 e. The molecule has 0 aromatic rings. The van der Waals surface area contributed by atoms with Crippen LogP contribution in [-0.4, -0.2) is 75.5 Å². The van der Waals surface area contributed by atoms with Gasteiger partial charge >= 0.3 is 5.97 Å². The van der Waals surface area contributed by atoms with Gasteiger partial charge in [-0.2, -0.15) is 0 Å². The smallest absolute Gasteiger partial charge is 0.308 e. The SMILES string of the molecule is CCCCC(CC)C(=O)OCCOCCOCCOCCN1C(=O)C=CC1=O. The summed E-state index contributed by atoms with van der Waals surface area (Å²) < 4.78 is 21.3. The van der Waals surface area contributed by atoms with Crippen LogP contribution in [0.4, 0.5) is 0 Å². The van der Waals surface area contributed by atoms with E-state index in [1.807, 2.05) is 6.92 Å². The molecule has 0 saturated heterocycles. The van der Waals surface area contributed by atoms with Gasteiger partial charge < -0.3 is 18.9 Å². The summed E-state index contributed by atoms with van der Waals surface area (Å²) in [5.74, 6) is -0.764. The van der Waals surface area contributed by atoms with Gasteiger partial charge in [0.2, 0.25) is 0 Å². The summed E-state index contributed by atoms with van der Waals surface area (Å²) in [4.78, 5) is 35.7. The van der Waals surface area contributed by atoms with Crippen molar-refractivity contribution in [1.82, 2.24) is 4.90 Å². The molecular formula is C20H33NO7. The fourth-order valence-electron chi connectivity index (χ4n) is 2.61. The summed E-state index contributed by atoms with van der Waals surface area (Å²) in [5, 5.41) is 0. The van der Waals surface area contributed by atoms with E-state index in [9.17, 15) is 14.4 Å². The van der Waals surface area contributed by atoms with E-state index in [-0.39, 0.29) is 43.5 Å². The first-order valence-electron chi connectivity index (χ1n) is 10.0. The topological polar surface area (TPSA) is 91.4 Å². The monoisotopic (exact) mass is 399 g/mol. The minimum absolute atomic E-state index is 0.0127. The molecule has 0 N–H and O–H groups in total. The molecule has 1 heterocycles. The van der Waals surface area contributed by atoms with Crippen molar-refractivity contribution < 1.29 is 33.3 Å². The molecule has 0 fully saturated rings. The second kappa shape index (κ2) is 15.2. The largest absolute Gasteiger partial charge is 0.463 e. The highest BCUT2D eigenvalue weighted by Crippen LogP contribution is 2.14. The van der Waals surface area contributed by atoms with Gasteiger partial charge in [-0.3, -0.25) is 19.3 Å². The predicted molar refractivity (Wildman–Crippen MR) is 103 cm³/mol. The van der Waals surface area contributed by atoms with E-state index < -0.39 is 0 Å². The molecule has 28 heavy (non-hydrogen) atoms. The van der Waals surface area contributed by atoms with Gasteiger partial charge in [-0.15, -0.1) is 0 Å². The number of hydrogen-bond donors (Lipinski definition) is 0. The third-order valence-electron chi connectivity index (χ3n) is 4.31. The Labute approximate surface area is 167 Å². The van der Waals surface area contributed by atoms with Crippen LogP contribution in [0.25, 0.3) is 0 Å². The zero-order valence-electron chi connectivity index (χ0n) is 17.0. The predicted octanol–water partition coefficient (Wildman–Crippen LogP) is 1.72. The summed E-state index contributed by atoms with van der Waals surface area (Å²) >= 11 is 0. The van der Waals surface area contributed by atoms with Crippen LogP contribution in [0.3, 0.4) is 0 Å². The first-order chi connectivity index (χ1) is 13.6. The van der Waals surface area contributed by atoms with Gasteiger partial charge in [0.05, 0.1) is 52.1 Å². The van der Waals surface area contributed by atoms with Gasteiger partial charge in [0, 0.05) is 12.2 Å². The number of esters is 1. The van der Waals surface area contributed by atoms with Gasteiger partial charge in [-0.25, -0.2) is 0 Å². The van der Waals surface area contributed by atoms with Crippen LogP contribution in [0.2, 0.25) is 0 Å². The van der Waals surface area contributed by atoms with E-state index in [4.69, 9.17) is 18.9 Å². The van der Waals surface area contributed by atoms with Gasteiger partial charge in [-0.1, -0.05) is 26.7 Å². The normalized spacial score (nSPS) is 14.7. The van der Waals surface area contributed by atoms with Crippen molar-refractivity contribution in [2.75, 3.05) is 52.8 Å². The van der Waals surface area contributed by atoms with Gasteiger partial charge in [0.1, 0.15) is 6.61 Å². The fourth-order valence-corrected chi connectivity index (χ4v) is 2.61. The van der Waals surface area contributed by atoms with Crippen LogP contribution >= 0.6 is 0 Å². The maximum atomic E-state index is 11.9. The first kappa shape index (κ1) is 24.3. The highest BCUT2D eigenvalue weighted by atomic mass is 16.6. The Morgan fingerprint density at radius 3 is 1.96 bits per heavy atom. The van der Waals surface area contributed by atoms with Crippen molar-refractivity contribution in [1.29, 1.82) is 0 Å². The number of rotatable bonds is 17. The average Bonchev–Trinajstić information content (AvgIpc) is 3.01. The highest BCUT2D eigenvalue weighted by molar-refractivity contribution is 6.12. The molecule has 0 radical (unpaired) electrons. The Kier molecular flexibility index (Phi) is 13.2. The van der Waals surface area contributed by atoms with Crippen molar-refractivity contribution in [3.63, 3.8) is 0 Å². The zero-order chi connectivity index (χ0) is 20.6. The number of amides is 2. The van der Waals surface area contributed by atoms with Gasteiger partial charge in [0.15, 0.2) is 0 Å². The highest BCUT2D eigenvalue weighted by Gasteiger charge is 2.22. The van der Waals surface area contributed by atoms with Crippen LogP contribution in [0, 0.1) is 5.92 Å². The van der Waals surface area contributed by atoms with Crippen LogP contribution in [0.15, 0.2) is 12.2 Å². The lowest BCUT2D eigenvalue weighted by atomic mass is 10.00. The molecule has 1 rings (SSSR count). The van der Waals surface area contributed by atoms with E-state index in [0.29, 0.717) is 33.0 Å². The summed E-state index contributed by atoms with van der Waals surface area (Å²) in [6, 6.07) is 0. The molecule has 8 heteroatoms. The summed E-state index contributed by atoms with van der Waals surface area (Å²) in [7, 11) is 0. The second-order valence-electron chi connectivity index (χ2n) is 6.41. The molecule has 0 bridgehead atoms. The fraction of sp³-hybridized carbons (Fsp3) is 0.750. The lowest BCUT2D eigenvalue weighted by Crippen LogP contribution is -2.33. The Bertz CT molecular complexity index is 489. The number of ether oxygens (including phenoxy) is 4. The van der Waals surface area contributed by atoms with Crippen LogP contribution < -0.4 is 0 Å². The minimum Gasteiger partial charge on any atom is -0.463 e. The molecule has 1 aliphatic heterocycles. The van der Waals surface area contributed by atoms with E-state index in [1.54, 1.807) is 0 Å². The van der Waals surface area contributed by atoms with E-state index in [2.05, 4.69) is 6.92 Å². The third kappa shape index (κ3) is 9.96. The molecule has 8 nitrogen and oxygen atoms in total. The number of carbonyl (C=O) groups is 3. The standard InChI is InChI=1S/C20H33NO7/c1-3-5-6-17(4-2)20(24)28-16-15-27-14-13-26-12-11-25-10-9-21-18(22)7-8-19(21)23/h7-8,17H,3-6,9-16H2,1-2H3. The van der Waals surface area contributed by atoms with E-state index in [0.717, 1.165) is 30.6 Å². The molecule has 1 atom stereocenters. The number of carbonyl (C=O) groups excluding carboxylic acids is 3. The lowest BCUT2D eigenvalue weighted by Gasteiger charge is -2.14. The summed E-state index contributed by atoms with van der Waals surface area (Å²) in [6.45, 7) is 6.83. The van der Waals surface area contributed by atoms with Crippen LogP contribution in [-0.2, 0) is 33.3 Å². The van der Waals surface area contributed by atoms with E-state index >= 15 is 0 Å². The molecule has 0 aliphatic carbocycles. The number of imide groups is 1. The average molecular weight is 399 g/mol. The molecular weight excluding hydrogens is 366 g/mol. The Hall–Kier alpha value is -1.77. The number of hydrogen-bond acceptors (Lipinski definition) is 7. The molecule has 0 spiro atoms. The van der Waals surface area contributed by atoms with Gasteiger partial charge in [0.25, 0.3) is 11.8 Å².